The molecule has 1 aliphatic rings. The maximum Gasteiger partial charge on any atom is 0.407 e. The predicted molar refractivity (Wildman–Crippen MR) is 59.7 cm³/mol. The molecule has 1 aromatic carbocycles. The van der Waals surface area contributed by atoms with Crippen molar-refractivity contribution in [3.8, 4) is 5.75 Å². The summed E-state index contributed by atoms with van der Waals surface area (Å²) in [6.07, 6.45) is -3.19. The Kier molecular flexibility index (Phi) is 1.09. The molecule has 4 heteroatoms. The number of ether oxygens (including phenoxy) is 2. The lowest BCUT2D eigenvalue weighted by atomic mass is 10.1. The molecule has 1 N–H and O–H groups in total. The van der Waals surface area contributed by atoms with E-state index in [1.807, 2.05) is 0 Å². The van der Waals surface area contributed by atoms with Crippen LogP contribution in [0.4, 0.5) is 4.79 Å². The summed E-state index contributed by atoms with van der Waals surface area (Å²) in [5.41, 5.74) is -0.775. The standard InChI is InChI=1S/C12H15NO3/c1-8-3-9(2)5-10(4-8)15-7-11-6-13-12(14)16-11/h3-5,11H,6-7H2,1-2H3,(H,13,14)/i1D3,2D3,6D2,7D2. The largest absolute Gasteiger partial charge is 0.490 e. The molecule has 16 heavy (non-hydrogen) atoms. The molecule has 0 aromatic heterocycles. The smallest absolute Gasteiger partial charge is 0.407 e. The molecular formula is C12H15NO3. The van der Waals surface area contributed by atoms with Crippen molar-refractivity contribution in [3.63, 3.8) is 0 Å². The van der Waals surface area contributed by atoms with Crippen molar-refractivity contribution in [1.29, 1.82) is 0 Å². The van der Waals surface area contributed by atoms with Crippen LogP contribution < -0.4 is 10.1 Å². The Labute approximate surface area is 109 Å². The Hall–Kier alpha value is -1.71. The number of nitrogens with one attached hydrogen (secondary N) is 1. The summed E-state index contributed by atoms with van der Waals surface area (Å²) in [4.78, 5) is 11.2. The second-order valence-electron chi connectivity index (χ2n) is 3.02. The van der Waals surface area contributed by atoms with E-state index in [1.54, 1.807) is 5.32 Å². The number of carbonyl (C=O) groups excluding carboxylic acids is 1. The van der Waals surface area contributed by atoms with Crippen molar-refractivity contribution in [2.75, 3.05) is 13.1 Å². The molecule has 1 aliphatic heterocycles. The fraction of sp³-hybridized carbons (Fsp3) is 0.417. The van der Waals surface area contributed by atoms with E-state index in [0.717, 1.165) is 18.2 Å². The number of benzene rings is 1. The molecular weight excluding hydrogens is 206 g/mol. The molecule has 1 fully saturated rings. The summed E-state index contributed by atoms with van der Waals surface area (Å²) < 4.78 is 85.0. The zero-order valence-electron chi connectivity index (χ0n) is 18.0. The second kappa shape index (κ2) is 4.43. The fourth-order valence-corrected chi connectivity index (χ4v) is 1.12. The zero-order valence-corrected chi connectivity index (χ0v) is 8.03. The summed E-state index contributed by atoms with van der Waals surface area (Å²) in [5.74, 6) is -0.450. The van der Waals surface area contributed by atoms with Gasteiger partial charge in [-0.25, -0.2) is 4.79 Å². The molecule has 0 radical (unpaired) electrons. The van der Waals surface area contributed by atoms with Gasteiger partial charge in [-0.05, 0) is 37.0 Å². The first-order valence-electron chi connectivity index (χ1n) is 9.36. The van der Waals surface area contributed by atoms with Gasteiger partial charge in [-0.1, -0.05) is 6.07 Å². The lowest BCUT2D eigenvalue weighted by molar-refractivity contribution is 0.105. The van der Waals surface area contributed by atoms with E-state index < -0.39 is 44.7 Å². The molecule has 1 amide bonds. The van der Waals surface area contributed by atoms with E-state index in [1.165, 1.54) is 0 Å². The average Bonchev–Trinajstić information content (AvgIpc) is 2.69. The van der Waals surface area contributed by atoms with E-state index in [0.29, 0.717) is 0 Å². The highest BCUT2D eigenvalue weighted by molar-refractivity contribution is 5.69. The normalized spacial score (nSPS) is 34.0. The van der Waals surface area contributed by atoms with Gasteiger partial charge in [0, 0.05) is 8.22 Å². The number of carbonyl (C=O) groups is 1. The third-order valence-electron chi connectivity index (χ3n) is 1.72. The fourth-order valence-electron chi connectivity index (χ4n) is 1.12. The summed E-state index contributed by atoms with van der Waals surface area (Å²) in [6.45, 7) is -10.9. The van der Waals surface area contributed by atoms with Gasteiger partial charge >= 0.3 is 6.09 Å². The Morgan fingerprint density at radius 3 is 2.94 bits per heavy atom. The van der Waals surface area contributed by atoms with Gasteiger partial charge in [0.1, 0.15) is 12.3 Å². The van der Waals surface area contributed by atoms with Gasteiger partial charge in [0.25, 0.3) is 0 Å². The van der Waals surface area contributed by atoms with Crippen LogP contribution in [-0.2, 0) is 4.74 Å². The SMILES string of the molecule is [2H]C([2H])([2H])c1cc(OC([2H])([2H])C2OC(=O)NC2([2H])[2H])cc(C([2H])([2H])[2H])c1. The number of cyclic esters (lactones) is 1. The first-order chi connectivity index (χ1) is 11.5. The summed E-state index contributed by atoms with van der Waals surface area (Å²) >= 11 is 0. The van der Waals surface area contributed by atoms with E-state index >= 15 is 0 Å². The van der Waals surface area contributed by atoms with Crippen LogP contribution in [0.3, 0.4) is 0 Å². The molecule has 86 valence electrons. The number of hydrogen-bond acceptors (Lipinski definition) is 3. The maximum absolute atomic E-state index is 11.2. The van der Waals surface area contributed by atoms with E-state index in [9.17, 15) is 4.79 Å². The van der Waals surface area contributed by atoms with Crippen molar-refractivity contribution in [1.82, 2.24) is 5.32 Å². The number of amides is 1. The van der Waals surface area contributed by atoms with E-state index in [-0.39, 0.29) is 11.1 Å². The van der Waals surface area contributed by atoms with Crippen molar-refractivity contribution >= 4 is 6.09 Å². The van der Waals surface area contributed by atoms with Crippen molar-refractivity contribution in [2.45, 2.75) is 19.8 Å². The summed E-state index contributed by atoms with van der Waals surface area (Å²) in [7, 11) is 0. The first-order valence-corrected chi connectivity index (χ1v) is 4.36. The maximum atomic E-state index is 11.2. The number of rotatable bonds is 3. The van der Waals surface area contributed by atoms with Crippen molar-refractivity contribution in [2.24, 2.45) is 0 Å². The van der Waals surface area contributed by atoms with Crippen LogP contribution in [0.25, 0.3) is 0 Å². The van der Waals surface area contributed by atoms with Crippen LogP contribution in [0.1, 0.15) is 24.8 Å². The van der Waals surface area contributed by atoms with Gasteiger partial charge in [0.05, 0.1) is 12.0 Å². The van der Waals surface area contributed by atoms with Crippen LogP contribution >= 0.6 is 0 Å². The minimum Gasteiger partial charge on any atom is -0.490 e. The summed E-state index contributed by atoms with van der Waals surface area (Å²) in [5, 5.41) is 1.78. The predicted octanol–water partition coefficient (Wildman–Crippen LogP) is 1.79. The van der Waals surface area contributed by atoms with E-state index in [2.05, 4.69) is 4.74 Å². The van der Waals surface area contributed by atoms with Gasteiger partial charge in [-0.3, -0.25) is 0 Å². The molecule has 1 unspecified atom stereocenters. The number of alkyl carbamates (subject to hydrolysis) is 1. The zero-order chi connectivity index (χ0) is 20.1. The molecule has 0 bridgehead atoms. The van der Waals surface area contributed by atoms with Gasteiger partial charge in [0.2, 0.25) is 0 Å². The highest BCUT2D eigenvalue weighted by Crippen LogP contribution is 2.16. The first kappa shape index (κ1) is 3.95. The van der Waals surface area contributed by atoms with Crippen LogP contribution in [0.5, 0.6) is 5.75 Å². The molecule has 1 saturated heterocycles. The lowest BCUT2D eigenvalue weighted by Gasteiger charge is -2.11. The second-order valence-corrected chi connectivity index (χ2v) is 3.02. The Morgan fingerprint density at radius 2 is 2.38 bits per heavy atom. The highest BCUT2D eigenvalue weighted by atomic mass is 16.6. The minimum absolute atomic E-state index is 0.388. The molecule has 0 saturated carbocycles. The van der Waals surface area contributed by atoms with Crippen LogP contribution in [0.2, 0.25) is 0 Å². The van der Waals surface area contributed by atoms with Gasteiger partial charge in [-0.15, -0.1) is 0 Å². The topological polar surface area (TPSA) is 47.6 Å². The van der Waals surface area contributed by atoms with Gasteiger partial charge in [-0.2, -0.15) is 0 Å². The van der Waals surface area contributed by atoms with Crippen LogP contribution in [0.15, 0.2) is 18.2 Å². The Balaban J connectivity index is 2.43. The number of hydrogen-bond donors (Lipinski definition) is 1. The minimum atomic E-state index is -2.91. The van der Waals surface area contributed by atoms with E-state index in [4.69, 9.17) is 18.4 Å². The molecule has 4 nitrogen and oxygen atoms in total. The van der Waals surface area contributed by atoms with Gasteiger partial charge in [0.15, 0.2) is 6.10 Å². The molecule has 1 aromatic rings. The molecule has 0 spiro atoms. The molecule has 2 rings (SSSR count). The van der Waals surface area contributed by atoms with Crippen molar-refractivity contribution < 1.29 is 28.0 Å². The molecule has 1 atom stereocenters. The Morgan fingerprint density at radius 1 is 1.62 bits per heavy atom. The third-order valence-corrected chi connectivity index (χ3v) is 1.72. The molecule has 1 heterocycles. The quantitative estimate of drug-likeness (QED) is 0.862. The number of aryl methyl sites for hydroxylation is 2. The highest BCUT2D eigenvalue weighted by Gasteiger charge is 2.22. The van der Waals surface area contributed by atoms with Gasteiger partial charge < -0.3 is 14.8 Å². The van der Waals surface area contributed by atoms with Crippen LogP contribution in [0, 0.1) is 13.7 Å². The summed E-state index contributed by atoms with van der Waals surface area (Å²) in [6, 6.07) is 2.80. The Bertz CT molecular complexity index is 680. The third kappa shape index (κ3) is 2.66. The lowest BCUT2D eigenvalue weighted by Crippen LogP contribution is -2.21. The monoisotopic (exact) mass is 231 g/mol. The van der Waals surface area contributed by atoms with Crippen LogP contribution in [-0.4, -0.2) is 25.3 Å². The molecule has 0 aliphatic carbocycles. The van der Waals surface area contributed by atoms with Crippen molar-refractivity contribution in [3.05, 3.63) is 29.3 Å². The average molecular weight is 231 g/mol.